The van der Waals surface area contributed by atoms with E-state index >= 15 is 0 Å². The van der Waals surface area contributed by atoms with E-state index in [1.165, 1.54) is 6.08 Å². The van der Waals surface area contributed by atoms with Crippen LogP contribution < -0.4 is 5.32 Å². The van der Waals surface area contributed by atoms with Crippen LogP contribution in [0.5, 0.6) is 0 Å². The van der Waals surface area contributed by atoms with Crippen LogP contribution in [0, 0.1) is 0 Å². The molecule has 1 unspecified atom stereocenters. The van der Waals surface area contributed by atoms with E-state index in [-0.39, 0.29) is 5.60 Å². The highest BCUT2D eigenvalue weighted by atomic mass is 16.5. The molecule has 0 aromatic heterocycles. The van der Waals surface area contributed by atoms with Crippen LogP contribution in [-0.2, 0) is 9.53 Å². The molecule has 0 aromatic carbocycles. The zero-order valence-electron chi connectivity index (χ0n) is 10.7. The standard InChI is InChI=1S/C13H23NO3/c1-3-13(4-2)10-11(7-9-17-13)14-8-5-6-12(15)16/h5-6,11,14H,3-4,7-10H2,1-2H3,(H,15,16)/b6-5+. The van der Waals surface area contributed by atoms with Crippen LogP contribution in [0.4, 0.5) is 0 Å². The highest BCUT2D eigenvalue weighted by molar-refractivity contribution is 5.79. The van der Waals surface area contributed by atoms with Crippen molar-refractivity contribution in [3.63, 3.8) is 0 Å². The van der Waals surface area contributed by atoms with Crippen LogP contribution in [0.15, 0.2) is 12.2 Å². The summed E-state index contributed by atoms with van der Waals surface area (Å²) in [6, 6.07) is 0.432. The summed E-state index contributed by atoms with van der Waals surface area (Å²) in [7, 11) is 0. The van der Waals surface area contributed by atoms with Crippen molar-refractivity contribution >= 4 is 5.97 Å². The van der Waals surface area contributed by atoms with Gasteiger partial charge in [-0.25, -0.2) is 4.79 Å². The fourth-order valence-corrected chi connectivity index (χ4v) is 2.34. The number of hydrogen-bond donors (Lipinski definition) is 2. The summed E-state index contributed by atoms with van der Waals surface area (Å²) in [4.78, 5) is 10.3. The molecule has 1 saturated heterocycles. The van der Waals surface area contributed by atoms with Crippen molar-refractivity contribution in [2.45, 2.75) is 51.2 Å². The second-order valence-corrected chi connectivity index (χ2v) is 4.58. The maximum Gasteiger partial charge on any atom is 0.328 e. The van der Waals surface area contributed by atoms with Crippen LogP contribution in [0.25, 0.3) is 0 Å². The molecule has 1 aliphatic rings. The maximum absolute atomic E-state index is 10.3. The first kappa shape index (κ1) is 14.2. The van der Waals surface area contributed by atoms with E-state index in [2.05, 4.69) is 19.2 Å². The highest BCUT2D eigenvalue weighted by Crippen LogP contribution is 2.31. The van der Waals surface area contributed by atoms with Gasteiger partial charge in [-0.3, -0.25) is 0 Å². The van der Waals surface area contributed by atoms with Crippen LogP contribution in [0.2, 0.25) is 0 Å². The van der Waals surface area contributed by atoms with Crippen molar-refractivity contribution in [3.05, 3.63) is 12.2 Å². The first-order valence-electron chi connectivity index (χ1n) is 6.38. The van der Waals surface area contributed by atoms with Gasteiger partial charge in [-0.2, -0.15) is 0 Å². The molecule has 0 spiro atoms. The van der Waals surface area contributed by atoms with Crippen LogP contribution >= 0.6 is 0 Å². The zero-order valence-corrected chi connectivity index (χ0v) is 10.7. The largest absolute Gasteiger partial charge is 0.478 e. The van der Waals surface area contributed by atoms with E-state index in [0.29, 0.717) is 12.6 Å². The molecule has 17 heavy (non-hydrogen) atoms. The van der Waals surface area contributed by atoms with Gasteiger partial charge in [0.05, 0.1) is 5.60 Å². The van der Waals surface area contributed by atoms with Crippen molar-refractivity contribution in [2.24, 2.45) is 0 Å². The van der Waals surface area contributed by atoms with E-state index < -0.39 is 5.97 Å². The summed E-state index contributed by atoms with van der Waals surface area (Å²) in [6.07, 6.45) is 6.92. The van der Waals surface area contributed by atoms with Gasteiger partial charge in [0.1, 0.15) is 0 Å². The maximum atomic E-state index is 10.3. The Morgan fingerprint density at radius 2 is 2.24 bits per heavy atom. The summed E-state index contributed by atoms with van der Waals surface area (Å²) in [5.41, 5.74) is 0.0203. The van der Waals surface area contributed by atoms with Gasteiger partial charge in [0, 0.05) is 25.3 Å². The van der Waals surface area contributed by atoms with Crippen molar-refractivity contribution in [3.8, 4) is 0 Å². The summed E-state index contributed by atoms with van der Waals surface area (Å²) in [5.74, 6) is -0.893. The smallest absolute Gasteiger partial charge is 0.328 e. The summed E-state index contributed by atoms with van der Waals surface area (Å²) >= 11 is 0. The predicted octanol–water partition coefficient (Wildman–Crippen LogP) is 1.95. The Morgan fingerprint density at radius 3 is 2.82 bits per heavy atom. The number of carboxylic acids is 1. The van der Waals surface area contributed by atoms with E-state index in [0.717, 1.165) is 32.3 Å². The number of ether oxygens (including phenoxy) is 1. The highest BCUT2D eigenvalue weighted by Gasteiger charge is 2.33. The lowest BCUT2D eigenvalue weighted by Crippen LogP contribution is -2.46. The Balaban J connectivity index is 2.37. The van der Waals surface area contributed by atoms with Crippen molar-refractivity contribution in [2.75, 3.05) is 13.2 Å². The Kier molecular flexibility index (Phi) is 5.65. The van der Waals surface area contributed by atoms with Crippen molar-refractivity contribution in [1.29, 1.82) is 0 Å². The van der Waals surface area contributed by atoms with Crippen LogP contribution in [0.3, 0.4) is 0 Å². The molecule has 2 N–H and O–H groups in total. The molecular weight excluding hydrogens is 218 g/mol. The first-order chi connectivity index (χ1) is 8.12. The number of carbonyl (C=O) groups is 1. The summed E-state index contributed by atoms with van der Waals surface area (Å²) < 4.78 is 5.89. The minimum absolute atomic E-state index is 0.0203. The van der Waals surface area contributed by atoms with Crippen LogP contribution in [0.1, 0.15) is 39.5 Å². The van der Waals surface area contributed by atoms with Crippen molar-refractivity contribution < 1.29 is 14.6 Å². The molecule has 0 radical (unpaired) electrons. The molecule has 0 saturated carbocycles. The molecule has 1 rings (SSSR count). The predicted molar refractivity (Wildman–Crippen MR) is 67.1 cm³/mol. The lowest BCUT2D eigenvalue weighted by molar-refractivity contribution is -0.131. The molecule has 1 aliphatic heterocycles. The molecule has 4 heteroatoms. The second kappa shape index (κ2) is 6.77. The van der Waals surface area contributed by atoms with Gasteiger partial charge in [-0.15, -0.1) is 0 Å². The first-order valence-corrected chi connectivity index (χ1v) is 6.38. The second-order valence-electron chi connectivity index (χ2n) is 4.58. The lowest BCUT2D eigenvalue weighted by atomic mass is 9.86. The quantitative estimate of drug-likeness (QED) is 0.698. The number of rotatable bonds is 6. The van der Waals surface area contributed by atoms with Gasteiger partial charge in [-0.1, -0.05) is 19.9 Å². The van der Waals surface area contributed by atoms with E-state index in [1.54, 1.807) is 6.08 Å². The van der Waals surface area contributed by atoms with Gasteiger partial charge < -0.3 is 15.2 Å². The van der Waals surface area contributed by atoms with Crippen molar-refractivity contribution in [1.82, 2.24) is 5.32 Å². The van der Waals surface area contributed by atoms with E-state index in [1.807, 2.05) is 0 Å². The summed E-state index contributed by atoms with van der Waals surface area (Å²) in [6.45, 7) is 5.73. The Bertz CT molecular complexity index is 272. The van der Waals surface area contributed by atoms with Gasteiger partial charge in [0.15, 0.2) is 0 Å². The topological polar surface area (TPSA) is 58.6 Å². The molecule has 4 nitrogen and oxygen atoms in total. The van der Waals surface area contributed by atoms with E-state index in [4.69, 9.17) is 9.84 Å². The Morgan fingerprint density at radius 1 is 1.53 bits per heavy atom. The normalized spacial score (nSPS) is 24.0. The van der Waals surface area contributed by atoms with Crippen LogP contribution in [-0.4, -0.2) is 35.9 Å². The number of hydrogen-bond acceptors (Lipinski definition) is 3. The average molecular weight is 241 g/mol. The zero-order chi connectivity index (χ0) is 12.7. The summed E-state index contributed by atoms with van der Waals surface area (Å²) in [5, 5.41) is 11.8. The third-order valence-corrected chi connectivity index (χ3v) is 3.57. The number of aliphatic carboxylic acids is 1. The fraction of sp³-hybridized carbons (Fsp3) is 0.769. The molecule has 0 aromatic rings. The number of carboxylic acid groups (broad SMARTS) is 1. The molecule has 1 atom stereocenters. The molecule has 1 fully saturated rings. The van der Waals surface area contributed by atoms with Gasteiger partial charge >= 0.3 is 5.97 Å². The third kappa shape index (κ3) is 4.48. The molecule has 0 bridgehead atoms. The minimum Gasteiger partial charge on any atom is -0.478 e. The van der Waals surface area contributed by atoms with E-state index in [9.17, 15) is 4.79 Å². The third-order valence-electron chi connectivity index (χ3n) is 3.57. The number of nitrogens with one attached hydrogen (secondary N) is 1. The van der Waals surface area contributed by atoms with Gasteiger partial charge in [-0.05, 0) is 25.7 Å². The van der Waals surface area contributed by atoms with Gasteiger partial charge in [0.2, 0.25) is 0 Å². The SMILES string of the molecule is CCC1(CC)CC(NC/C=C/C(=O)O)CCO1. The molecule has 98 valence electrons. The molecule has 0 amide bonds. The molecule has 1 heterocycles. The Hall–Kier alpha value is -0.870. The molecular formula is C13H23NO3. The lowest BCUT2D eigenvalue weighted by Gasteiger charge is -2.40. The fourth-order valence-electron chi connectivity index (χ4n) is 2.34. The average Bonchev–Trinajstić information content (AvgIpc) is 2.34. The Labute approximate surface area is 103 Å². The monoisotopic (exact) mass is 241 g/mol. The molecule has 0 aliphatic carbocycles. The van der Waals surface area contributed by atoms with Gasteiger partial charge in [0.25, 0.3) is 0 Å². The minimum atomic E-state index is -0.893.